The Labute approximate surface area is 93.1 Å². The maximum Gasteiger partial charge on any atom is 0.119 e. The zero-order valence-corrected chi connectivity index (χ0v) is 9.83. The highest BCUT2D eigenvalue weighted by Gasteiger charge is 1.91. The standard InChI is InChI=1S/C11H14BrNO/c1-14-11-5-2-4-10(8-11)9-13-7-3-6-12/h2,4-5,8-9H,3,6-7H2,1H3/b13-9+. The highest BCUT2D eigenvalue weighted by atomic mass is 79.9. The molecule has 1 aromatic carbocycles. The third-order valence-corrected chi connectivity index (χ3v) is 2.32. The van der Waals surface area contributed by atoms with Gasteiger partial charge in [0.15, 0.2) is 0 Å². The zero-order valence-electron chi connectivity index (χ0n) is 8.24. The summed E-state index contributed by atoms with van der Waals surface area (Å²) in [6, 6.07) is 7.87. The van der Waals surface area contributed by atoms with Crippen molar-refractivity contribution in [2.24, 2.45) is 4.99 Å². The molecule has 0 fully saturated rings. The number of benzene rings is 1. The van der Waals surface area contributed by atoms with E-state index in [0.717, 1.165) is 29.6 Å². The average molecular weight is 256 g/mol. The molecule has 0 bridgehead atoms. The third-order valence-electron chi connectivity index (χ3n) is 1.75. The van der Waals surface area contributed by atoms with Gasteiger partial charge in [-0.2, -0.15) is 0 Å². The topological polar surface area (TPSA) is 21.6 Å². The van der Waals surface area contributed by atoms with Crippen molar-refractivity contribution in [1.82, 2.24) is 0 Å². The first kappa shape index (κ1) is 11.2. The lowest BCUT2D eigenvalue weighted by Crippen LogP contribution is -1.87. The van der Waals surface area contributed by atoms with Gasteiger partial charge in [-0.15, -0.1) is 0 Å². The Morgan fingerprint density at radius 1 is 1.50 bits per heavy atom. The monoisotopic (exact) mass is 255 g/mol. The Bertz CT molecular complexity index is 299. The molecule has 76 valence electrons. The smallest absolute Gasteiger partial charge is 0.119 e. The molecule has 1 rings (SSSR count). The summed E-state index contributed by atoms with van der Waals surface area (Å²) in [4.78, 5) is 4.30. The molecule has 0 unspecified atom stereocenters. The summed E-state index contributed by atoms with van der Waals surface area (Å²) in [7, 11) is 1.67. The number of aliphatic imine (C=N–C) groups is 1. The van der Waals surface area contributed by atoms with Crippen LogP contribution in [0.15, 0.2) is 29.3 Å². The number of halogens is 1. The van der Waals surface area contributed by atoms with E-state index >= 15 is 0 Å². The largest absolute Gasteiger partial charge is 0.497 e. The molecule has 0 N–H and O–H groups in total. The van der Waals surface area contributed by atoms with Gasteiger partial charge < -0.3 is 4.74 Å². The minimum atomic E-state index is 0.864. The van der Waals surface area contributed by atoms with E-state index in [0.29, 0.717) is 0 Å². The molecule has 0 atom stereocenters. The number of ether oxygens (including phenoxy) is 1. The third kappa shape index (κ3) is 3.92. The van der Waals surface area contributed by atoms with E-state index in [4.69, 9.17) is 4.74 Å². The second kappa shape index (κ2) is 6.60. The minimum Gasteiger partial charge on any atom is -0.497 e. The van der Waals surface area contributed by atoms with Crippen LogP contribution in [0.4, 0.5) is 0 Å². The highest BCUT2D eigenvalue weighted by Crippen LogP contribution is 2.10. The predicted octanol–water partition coefficient (Wildman–Crippen LogP) is 2.90. The van der Waals surface area contributed by atoms with Crippen LogP contribution < -0.4 is 4.74 Å². The van der Waals surface area contributed by atoms with Gasteiger partial charge in [0.25, 0.3) is 0 Å². The molecule has 0 aromatic heterocycles. The molecule has 0 saturated carbocycles. The van der Waals surface area contributed by atoms with Crippen LogP contribution in [-0.4, -0.2) is 25.2 Å². The predicted molar refractivity (Wildman–Crippen MR) is 63.9 cm³/mol. The van der Waals surface area contributed by atoms with E-state index < -0.39 is 0 Å². The van der Waals surface area contributed by atoms with Crippen LogP contribution in [-0.2, 0) is 0 Å². The number of alkyl halides is 1. The van der Waals surface area contributed by atoms with E-state index in [-0.39, 0.29) is 0 Å². The van der Waals surface area contributed by atoms with Gasteiger partial charge in [0.2, 0.25) is 0 Å². The fraction of sp³-hybridized carbons (Fsp3) is 0.364. The second-order valence-corrected chi connectivity index (χ2v) is 3.65. The van der Waals surface area contributed by atoms with Gasteiger partial charge in [-0.3, -0.25) is 4.99 Å². The van der Waals surface area contributed by atoms with Gasteiger partial charge >= 0.3 is 0 Å². The molecular weight excluding hydrogens is 242 g/mol. The summed E-state index contributed by atoms with van der Waals surface area (Å²) < 4.78 is 5.11. The Balaban J connectivity index is 2.53. The fourth-order valence-electron chi connectivity index (χ4n) is 1.04. The van der Waals surface area contributed by atoms with Crippen molar-refractivity contribution in [1.29, 1.82) is 0 Å². The van der Waals surface area contributed by atoms with Gasteiger partial charge in [0.1, 0.15) is 5.75 Å². The molecule has 0 spiro atoms. The lowest BCUT2D eigenvalue weighted by Gasteiger charge is -1.99. The first-order valence-electron chi connectivity index (χ1n) is 4.56. The molecule has 0 saturated heterocycles. The Morgan fingerprint density at radius 2 is 2.36 bits per heavy atom. The van der Waals surface area contributed by atoms with Crippen LogP contribution >= 0.6 is 15.9 Å². The van der Waals surface area contributed by atoms with Crippen molar-refractivity contribution >= 4 is 22.1 Å². The summed E-state index contributed by atoms with van der Waals surface area (Å²) in [5.41, 5.74) is 1.08. The van der Waals surface area contributed by atoms with E-state index in [1.54, 1.807) is 7.11 Å². The van der Waals surface area contributed by atoms with Crippen LogP contribution in [0.25, 0.3) is 0 Å². The summed E-state index contributed by atoms with van der Waals surface area (Å²) in [5.74, 6) is 0.870. The van der Waals surface area contributed by atoms with Gasteiger partial charge in [0, 0.05) is 18.1 Å². The van der Waals surface area contributed by atoms with Gasteiger partial charge in [0.05, 0.1) is 7.11 Å². The number of hydrogen-bond donors (Lipinski definition) is 0. The lowest BCUT2D eigenvalue weighted by atomic mass is 10.2. The Kier molecular flexibility index (Phi) is 5.30. The fourth-order valence-corrected chi connectivity index (χ4v) is 1.29. The van der Waals surface area contributed by atoms with Crippen molar-refractivity contribution in [3.63, 3.8) is 0 Å². The first-order chi connectivity index (χ1) is 6.86. The summed E-state index contributed by atoms with van der Waals surface area (Å²) in [6.45, 7) is 0.864. The number of nitrogens with zero attached hydrogens (tertiary/aromatic N) is 1. The number of methoxy groups -OCH3 is 1. The summed E-state index contributed by atoms with van der Waals surface area (Å²) >= 11 is 3.36. The van der Waals surface area contributed by atoms with Crippen molar-refractivity contribution in [3.05, 3.63) is 29.8 Å². The van der Waals surface area contributed by atoms with Crippen molar-refractivity contribution in [3.8, 4) is 5.75 Å². The first-order valence-corrected chi connectivity index (χ1v) is 5.69. The number of rotatable bonds is 5. The molecule has 0 aliphatic carbocycles. The maximum atomic E-state index is 5.11. The summed E-state index contributed by atoms with van der Waals surface area (Å²) in [6.07, 6.45) is 2.95. The quantitative estimate of drug-likeness (QED) is 0.451. The van der Waals surface area contributed by atoms with Crippen LogP contribution in [0.5, 0.6) is 5.75 Å². The Hall–Kier alpha value is -0.830. The molecule has 3 heteroatoms. The van der Waals surface area contributed by atoms with Gasteiger partial charge in [-0.05, 0) is 24.1 Å². The lowest BCUT2D eigenvalue weighted by molar-refractivity contribution is 0.415. The van der Waals surface area contributed by atoms with Crippen LogP contribution in [0.2, 0.25) is 0 Å². The molecule has 0 aliphatic heterocycles. The normalized spacial score (nSPS) is 10.7. The molecule has 0 amide bonds. The van der Waals surface area contributed by atoms with Gasteiger partial charge in [-0.1, -0.05) is 28.1 Å². The van der Waals surface area contributed by atoms with Crippen LogP contribution in [0.3, 0.4) is 0 Å². The van der Waals surface area contributed by atoms with E-state index in [9.17, 15) is 0 Å². The Morgan fingerprint density at radius 3 is 3.07 bits per heavy atom. The van der Waals surface area contributed by atoms with E-state index in [1.807, 2.05) is 30.5 Å². The maximum absolute atomic E-state index is 5.11. The summed E-state index contributed by atoms with van der Waals surface area (Å²) in [5, 5.41) is 1.00. The molecule has 1 aromatic rings. The second-order valence-electron chi connectivity index (χ2n) is 2.85. The van der Waals surface area contributed by atoms with Crippen LogP contribution in [0.1, 0.15) is 12.0 Å². The SMILES string of the molecule is COc1cccc(/C=N/CCCBr)c1. The molecule has 0 aliphatic rings. The number of hydrogen-bond acceptors (Lipinski definition) is 2. The van der Waals surface area contributed by atoms with Crippen molar-refractivity contribution in [2.75, 3.05) is 19.0 Å². The van der Waals surface area contributed by atoms with Crippen LogP contribution in [0, 0.1) is 0 Å². The van der Waals surface area contributed by atoms with E-state index in [1.165, 1.54) is 0 Å². The van der Waals surface area contributed by atoms with E-state index in [2.05, 4.69) is 20.9 Å². The average Bonchev–Trinajstić information content (AvgIpc) is 2.25. The zero-order chi connectivity index (χ0) is 10.2. The van der Waals surface area contributed by atoms with Crippen molar-refractivity contribution in [2.45, 2.75) is 6.42 Å². The molecule has 0 heterocycles. The molecule has 0 radical (unpaired) electrons. The molecule has 14 heavy (non-hydrogen) atoms. The minimum absolute atomic E-state index is 0.864. The highest BCUT2D eigenvalue weighted by molar-refractivity contribution is 9.09. The van der Waals surface area contributed by atoms with Gasteiger partial charge in [-0.25, -0.2) is 0 Å². The molecule has 2 nitrogen and oxygen atoms in total. The molecular formula is C11H14BrNO. The van der Waals surface area contributed by atoms with Crippen molar-refractivity contribution < 1.29 is 4.74 Å².